The molecule has 1 aromatic carbocycles. The van der Waals surface area contributed by atoms with Gasteiger partial charge in [0.25, 0.3) is 0 Å². The number of hydrogen-bond donors (Lipinski definition) is 0. The molecule has 88 valence electrons. The zero-order chi connectivity index (χ0) is 12.4. The topological polar surface area (TPSA) is 30.2 Å². The first kappa shape index (κ1) is 12.6. The summed E-state index contributed by atoms with van der Waals surface area (Å²) in [6, 6.07) is 9.35. The van der Waals surface area contributed by atoms with Crippen LogP contribution in [0.2, 0.25) is 0 Å². The molecular weight excluding hydrogens is 348 g/mol. The molecule has 4 heteroatoms. The molecular formula is C13H10Br2O2. The molecule has 2 aromatic rings. The minimum atomic E-state index is 0.0161. The first-order valence-electron chi connectivity index (χ1n) is 5.20. The van der Waals surface area contributed by atoms with E-state index >= 15 is 0 Å². The van der Waals surface area contributed by atoms with E-state index in [1.54, 1.807) is 6.07 Å². The van der Waals surface area contributed by atoms with Crippen LogP contribution < -0.4 is 0 Å². The Bertz CT molecular complexity index is 558. The fraction of sp³-hybridized carbons (Fsp3) is 0.154. The predicted octanol–water partition coefficient (Wildman–Crippen LogP) is 5.06. The SMILES string of the molecule is CCC(=O)c1ccc(-c2cc(Br)ccc2Br)o1. The molecule has 0 unspecified atom stereocenters. The van der Waals surface area contributed by atoms with Crippen LogP contribution in [-0.2, 0) is 0 Å². The molecule has 0 saturated heterocycles. The molecule has 1 aromatic heterocycles. The highest BCUT2D eigenvalue weighted by molar-refractivity contribution is 9.11. The fourth-order valence-corrected chi connectivity index (χ4v) is 2.30. The van der Waals surface area contributed by atoms with Gasteiger partial charge in [-0.05, 0) is 30.3 Å². The largest absolute Gasteiger partial charge is 0.453 e. The van der Waals surface area contributed by atoms with E-state index in [1.807, 2.05) is 31.2 Å². The van der Waals surface area contributed by atoms with E-state index < -0.39 is 0 Å². The van der Waals surface area contributed by atoms with Crippen LogP contribution in [0.5, 0.6) is 0 Å². The quantitative estimate of drug-likeness (QED) is 0.718. The summed E-state index contributed by atoms with van der Waals surface area (Å²) in [6.45, 7) is 1.82. The maximum absolute atomic E-state index is 11.5. The lowest BCUT2D eigenvalue weighted by atomic mass is 10.2. The molecule has 0 atom stereocenters. The smallest absolute Gasteiger partial charge is 0.197 e. The Labute approximate surface area is 116 Å². The van der Waals surface area contributed by atoms with Gasteiger partial charge >= 0.3 is 0 Å². The molecule has 0 radical (unpaired) electrons. The Kier molecular flexibility index (Phi) is 3.84. The summed E-state index contributed by atoms with van der Waals surface area (Å²) in [4.78, 5) is 11.5. The van der Waals surface area contributed by atoms with Gasteiger partial charge in [0, 0.05) is 20.9 Å². The van der Waals surface area contributed by atoms with E-state index in [0.717, 1.165) is 14.5 Å². The standard InChI is InChI=1S/C13H10Br2O2/c1-2-11(16)13-6-5-12(17-13)9-7-8(14)3-4-10(9)15/h3-7H,2H2,1H3. The Morgan fingerprint density at radius 3 is 2.71 bits per heavy atom. The molecule has 1 heterocycles. The van der Waals surface area contributed by atoms with Crippen molar-refractivity contribution in [3.63, 3.8) is 0 Å². The molecule has 0 saturated carbocycles. The fourth-order valence-electron chi connectivity index (χ4n) is 1.49. The van der Waals surface area contributed by atoms with Crippen molar-refractivity contribution in [2.45, 2.75) is 13.3 Å². The van der Waals surface area contributed by atoms with Gasteiger partial charge in [-0.25, -0.2) is 0 Å². The molecule has 0 bridgehead atoms. The second kappa shape index (κ2) is 5.19. The Morgan fingerprint density at radius 2 is 2.00 bits per heavy atom. The average Bonchev–Trinajstić information content (AvgIpc) is 2.80. The number of hydrogen-bond acceptors (Lipinski definition) is 2. The van der Waals surface area contributed by atoms with Crippen molar-refractivity contribution in [2.24, 2.45) is 0 Å². The second-order valence-electron chi connectivity index (χ2n) is 3.56. The zero-order valence-corrected chi connectivity index (χ0v) is 12.3. The van der Waals surface area contributed by atoms with E-state index in [9.17, 15) is 4.79 Å². The van der Waals surface area contributed by atoms with Crippen LogP contribution in [0.1, 0.15) is 23.9 Å². The van der Waals surface area contributed by atoms with E-state index in [1.165, 1.54) is 0 Å². The van der Waals surface area contributed by atoms with Crippen molar-refractivity contribution >= 4 is 37.6 Å². The minimum absolute atomic E-state index is 0.0161. The highest BCUT2D eigenvalue weighted by atomic mass is 79.9. The summed E-state index contributed by atoms with van der Waals surface area (Å²) in [6.07, 6.45) is 0.451. The van der Waals surface area contributed by atoms with Crippen molar-refractivity contribution in [1.29, 1.82) is 0 Å². The third-order valence-electron chi connectivity index (χ3n) is 2.40. The molecule has 2 nitrogen and oxygen atoms in total. The highest BCUT2D eigenvalue weighted by Crippen LogP contribution is 2.32. The maximum atomic E-state index is 11.5. The summed E-state index contributed by atoms with van der Waals surface area (Å²) in [5.74, 6) is 1.12. The molecule has 0 N–H and O–H groups in total. The molecule has 0 aliphatic rings. The third kappa shape index (κ3) is 2.69. The second-order valence-corrected chi connectivity index (χ2v) is 5.33. The van der Waals surface area contributed by atoms with E-state index in [2.05, 4.69) is 31.9 Å². The first-order valence-corrected chi connectivity index (χ1v) is 6.79. The van der Waals surface area contributed by atoms with Crippen LogP contribution >= 0.6 is 31.9 Å². The van der Waals surface area contributed by atoms with Crippen molar-refractivity contribution in [3.05, 3.63) is 45.0 Å². The summed E-state index contributed by atoms with van der Waals surface area (Å²) in [5, 5.41) is 0. The predicted molar refractivity (Wildman–Crippen MR) is 74.2 cm³/mol. The van der Waals surface area contributed by atoms with Crippen molar-refractivity contribution in [1.82, 2.24) is 0 Å². The molecule has 0 aliphatic carbocycles. The number of furan rings is 1. The van der Waals surface area contributed by atoms with Crippen molar-refractivity contribution in [3.8, 4) is 11.3 Å². The summed E-state index contributed by atoms with van der Waals surface area (Å²) in [5.41, 5.74) is 0.925. The van der Waals surface area contributed by atoms with Crippen LogP contribution in [0.25, 0.3) is 11.3 Å². The van der Waals surface area contributed by atoms with Crippen LogP contribution in [0.15, 0.2) is 43.7 Å². The summed E-state index contributed by atoms with van der Waals surface area (Å²) >= 11 is 6.88. The van der Waals surface area contributed by atoms with Gasteiger partial charge in [-0.15, -0.1) is 0 Å². The van der Waals surface area contributed by atoms with Gasteiger partial charge in [0.1, 0.15) is 5.76 Å². The van der Waals surface area contributed by atoms with Gasteiger partial charge in [-0.2, -0.15) is 0 Å². The molecule has 2 rings (SSSR count). The lowest BCUT2D eigenvalue weighted by molar-refractivity contribution is 0.0962. The van der Waals surface area contributed by atoms with Crippen LogP contribution in [0.3, 0.4) is 0 Å². The first-order chi connectivity index (χ1) is 8.11. The highest BCUT2D eigenvalue weighted by Gasteiger charge is 2.12. The average molecular weight is 358 g/mol. The number of ketones is 1. The number of benzene rings is 1. The number of halogens is 2. The van der Waals surface area contributed by atoms with Crippen LogP contribution in [0.4, 0.5) is 0 Å². The monoisotopic (exact) mass is 356 g/mol. The van der Waals surface area contributed by atoms with Crippen LogP contribution in [-0.4, -0.2) is 5.78 Å². The molecule has 0 spiro atoms. The third-order valence-corrected chi connectivity index (χ3v) is 3.58. The maximum Gasteiger partial charge on any atom is 0.197 e. The lowest BCUT2D eigenvalue weighted by Crippen LogP contribution is -1.92. The molecule has 17 heavy (non-hydrogen) atoms. The van der Waals surface area contributed by atoms with Crippen molar-refractivity contribution < 1.29 is 9.21 Å². The number of carbonyl (C=O) groups is 1. The number of Topliss-reactive ketones (excluding diaryl/α,β-unsaturated/α-hetero) is 1. The zero-order valence-electron chi connectivity index (χ0n) is 9.17. The Balaban J connectivity index is 2.43. The Morgan fingerprint density at radius 1 is 1.24 bits per heavy atom. The molecule has 0 fully saturated rings. The van der Waals surface area contributed by atoms with E-state index in [0.29, 0.717) is 17.9 Å². The normalized spacial score (nSPS) is 10.5. The number of rotatable bonds is 3. The van der Waals surface area contributed by atoms with Gasteiger partial charge in [0.15, 0.2) is 11.5 Å². The van der Waals surface area contributed by atoms with Gasteiger partial charge in [-0.3, -0.25) is 4.79 Å². The summed E-state index contributed by atoms with van der Waals surface area (Å²) in [7, 11) is 0. The van der Waals surface area contributed by atoms with E-state index in [4.69, 9.17) is 4.42 Å². The van der Waals surface area contributed by atoms with E-state index in [-0.39, 0.29) is 5.78 Å². The van der Waals surface area contributed by atoms with Crippen molar-refractivity contribution in [2.75, 3.05) is 0 Å². The molecule has 0 aliphatic heterocycles. The lowest BCUT2D eigenvalue weighted by Gasteiger charge is -2.01. The Hall–Kier alpha value is -0.870. The number of carbonyl (C=O) groups excluding carboxylic acids is 1. The molecule has 0 amide bonds. The summed E-state index contributed by atoms with van der Waals surface area (Å²) < 4.78 is 7.46. The van der Waals surface area contributed by atoms with Crippen LogP contribution in [0, 0.1) is 0 Å². The van der Waals surface area contributed by atoms with Gasteiger partial charge in [-0.1, -0.05) is 38.8 Å². The van der Waals surface area contributed by atoms with Gasteiger partial charge in [0.2, 0.25) is 0 Å². The van der Waals surface area contributed by atoms with Gasteiger partial charge in [0.05, 0.1) is 0 Å². The van der Waals surface area contributed by atoms with Gasteiger partial charge < -0.3 is 4.42 Å². The minimum Gasteiger partial charge on any atom is -0.453 e.